The van der Waals surface area contributed by atoms with Crippen LogP contribution < -0.4 is 10.2 Å². The van der Waals surface area contributed by atoms with E-state index >= 15 is 0 Å². The van der Waals surface area contributed by atoms with Crippen molar-refractivity contribution >= 4 is 39.0 Å². The molecule has 1 fully saturated rings. The molecule has 3 heterocycles. The summed E-state index contributed by atoms with van der Waals surface area (Å²) in [4.78, 5) is 26.1. The summed E-state index contributed by atoms with van der Waals surface area (Å²) in [5.41, 5.74) is 1.90. The number of fused-ring (bicyclic) bond motifs is 1. The molecule has 1 amide bonds. The summed E-state index contributed by atoms with van der Waals surface area (Å²) in [5, 5.41) is 3.75. The third-order valence-electron chi connectivity index (χ3n) is 5.26. The zero-order valence-corrected chi connectivity index (χ0v) is 17.1. The lowest BCUT2D eigenvalue weighted by molar-refractivity contribution is 0.102. The standard InChI is InChI=1S/C21H23FN4OS/c1-12-5-4-8-26(10-12)19-18-17(14(3)28-21(18)24-11-23-19)20(27)25-16-7-6-15(22)9-13(16)2/h6-7,9,11-12H,4-5,8,10H2,1-3H3,(H,25,27)/t12-/m1/s1. The Morgan fingerprint density at radius 3 is 2.89 bits per heavy atom. The largest absolute Gasteiger partial charge is 0.356 e. The van der Waals surface area contributed by atoms with E-state index in [1.54, 1.807) is 19.3 Å². The zero-order valence-electron chi connectivity index (χ0n) is 16.3. The lowest BCUT2D eigenvalue weighted by Gasteiger charge is -2.32. The van der Waals surface area contributed by atoms with E-state index in [-0.39, 0.29) is 11.7 Å². The zero-order chi connectivity index (χ0) is 19.8. The number of nitrogens with zero attached hydrogens (tertiary/aromatic N) is 3. The molecule has 1 aromatic carbocycles. The maximum absolute atomic E-state index is 13.4. The number of carbonyl (C=O) groups excluding carboxylic acids is 1. The molecule has 1 saturated heterocycles. The van der Waals surface area contributed by atoms with E-state index in [4.69, 9.17) is 0 Å². The predicted molar refractivity (Wildman–Crippen MR) is 112 cm³/mol. The van der Waals surface area contributed by atoms with Crippen molar-refractivity contribution in [1.29, 1.82) is 0 Å². The van der Waals surface area contributed by atoms with Gasteiger partial charge in [-0.05, 0) is 56.4 Å². The molecule has 1 N–H and O–H groups in total. The van der Waals surface area contributed by atoms with Crippen LogP contribution in [-0.4, -0.2) is 29.0 Å². The molecule has 0 spiro atoms. The van der Waals surface area contributed by atoms with E-state index in [0.717, 1.165) is 40.4 Å². The maximum Gasteiger partial charge on any atom is 0.257 e. The molecule has 0 aliphatic carbocycles. The molecule has 2 aromatic heterocycles. The van der Waals surface area contributed by atoms with Crippen LogP contribution in [0.2, 0.25) is 0 Å². The van der Waals surface area contributed by atoms with Gasteiger partial charge in [0.25, 0.3) is 5.91 Å². The number of rotatable bonds is 3. The van der Waals surface area contributed by atoms with Crippen LogP contribution in [0.25, 0.3) is 10.2 Å². The second-order valence-electron chi connectivity index (χ2n) is 7.52. The highest BCUT2D eigenvalue weighted by Crippen LogP contribution is 2.36. The van der Waals surface area contributed by atoms with E-state index in [1.165, 1.54) is 29.9 Å². The van der Waals surface area contributed by atoms with Gasteiger partial charge in [-0.1, -0.05) is 6.92 Å². The van der Waals surface area contributed by atoms with Crippen molar-refractivity contribution < 1.29 is 9.18 Å². The number of aromatic nitrogens is 2. The Kier molecular flexibility index (Phi) is 5.02. The maximum atomic E-state index is 13.4. The third kappa shape index (κ3) is 3.46. The number of benzene rings is 1. The second-order valence-corrected chi connectivity index (χ2v) is 8.72. The number of piperidine rings is 1. The van der Waals surface area contributed by atoms with Gasteiger partial charge >= 0.3 is 0 Å². The molecule has 146 valence electrons. The van der Waals surface area contributed by atoms with E-state index in [9.17, 15) is 9.18 Å². The molecule has 7 heteroatoms. The Hall–Kier alpha value is -2.54. The molecular weight excluding hydrogens is 375 g/mol. The average molecular weight is 399 g/mol. The van der Waals surface area contributed by atoms with Crippen LogP contribution in [0.3, 0.4) is 0 Å². The number of aryl methyl sites for hydroxylation is 2. The van der Waals surface area contributed by atoms with Crippen LogP contribution in [0, 0.1) is 25.6 Å². The van der Waals surface area contributed by atoms with E-state index in [1.807, 2.05) is 6.92 Å². The number of halogens is 1. The fourth-order valence-electron chi connectivity index (χ4n) is 3.88. The minimum Gasteiger partial charge on any atom is -0.356 e. The van der Waals surface area contributed by atoms with Crippen molar-refractivity contribution in [2.45, 2.75) is 33.6 Å². The highest BCUT2D eigenvalue weighted by molar-refractivity contribution is 7.19. The third-order valence-corrected chi connectivity index (χ3v) is 6.28. The fourth-order valence-corrected chi connectivity index (χ4v) is 4.86. The van der Waals surface area contributed by atoms with Gasteiger partial charge in [0.1, 0.15) is 22.8 Å². The summed E-state index contributed by atoms with van der Waals surface area (Å²) >= 11 is 1.50. The van der Waals surface area contributed by atoms with E-state index in [2.05, 4.69) is 27.1 Å². The molecule has 0 saturated carbocycles. The van der Waals surface area contributed by atoms with Crippen molar-refractivity contribution in [3.05, 3.63) is 46.3 Å². The number of amides is 1. The molecule has 1 aliphatic heterocycles. The van der Waals surface area contributed by atoms with Crippen molar-refractivity contribution in [3.63, 3.8) is 0 Å². The Balaban J connectivity index is 1.76. The summed E-state index contributed by atoms with van der Waals surface area (Å²) in [6.45, 7) is 7.82. The van der Waals surface area contributed by atoms with Gasteiger partial charge in [-0.25, -0.2) is 14.4 Å². The Labute approximate surface area is 167 Å². The summed E-state index contributed by atoms with van der Waals surface area (Å²) in [6.07, 6.45) is 3.91. The summed E-state index contributed by atoms with van der Waals surface area (Å²) in [6, 6.07) is 4.36. The van der Waals surface area contributed by atoms with Gasteiger partial charge in [-0.15, -0.1) is 11.3 Å². The molecule has 1 atom stereocenters. The van der Waals surface area contributed by atoms with Gasteiger partial charge in [0.15, 0.2) is 0 Å². The van der Waals surface area contributed by atoms with Gasteiger partial charge in [-0.3, -0.25) is 4.79 Å². The number of anilines is 2. The molecule has 3 aromatic rings. The second kappa shape index (κ2) is 7.47. The average Bonchev–Trinajstić information content (AvgIpc) is 3.00. The number of thiophene rings is 1. The lowest BCUT2D eigenvalue weighted by Crippen LogP contribution is -2.35. The van der Waals surface area contributed by atoms with Crippen LogP contribution in [0.1, 0.15) is 40.6 Å². The number of hydrogen-bond acceptors (Lipinski definition) is 5. The Morgan fingerprint density at radius 2 is 2.14 bits per heavy atom. The van der Waals surface area contributed by atoms with Crippen LogP contribution in [0.15, 0.2) is 24.5 Å². The van der Waals surface area contributed by atoms with Crippen LogP contribution in [0.5, 0.6) is 0 Å². The van der Waals surface area contributed by atoms with Crippen molar-refractivity contribution in [2.75, 3.05) is 23.3 Å². The number of carbonyl (C=O) groups is 1. The minimum atomic E-state index is -0.317. The quantitative estimate of drug-likeness (QED) is 0.679. The van der Waals surface area contributed by atoms with E-state index in [0.29, 0.717) is 22.7 Å². The van der Waals surface area contributed by atoms with Gasteiger partial charge in [-0.2, -0.15) is 0 Å². The highest BCUT2D eigenvalue weighted by atomic mass is 32.1. The first-order valence-corrected chi connectivity index (χ1v) is 10.3. The highest BCUT2D eigenvalue weighted by Gasteiger charge is 2.26. The van der Waals surface area contributed by atoms with Gasteiger partial charge in [0, 0.05) is 23.7 Å². The first kappa shape index (κ1) is 18.8. The summed E-state index contributed by atoms with van der Waals surface area (Å²) in [7, 11) is 0. The Morgan fingerprint density at radius 1 is 1.32 bits per heavy atom. The fraction of sp³-hybridized carbons (Fsp3) is 0.381. The lowest BCUT2D eigenvalue weighted by atomic mass is 10.00. The monoisotopic (exact) mass is 398 g/mol. The van der Waals surface area contributed by atoms with Crippen LogP contribution in [-0.2, 0) is 0 Å². The molecule has 1 aliphatic rings. The smallest absolute Gasteiger partial charge is 0.257 e. The van der Waals surface area contributed by atoms with Crippen molar-refractivity contribution in [1.82, 2.24) is 9.97 Å². The van der Waals surface area contributed by atoms with Crippen molar-refractivity contribution in [2.24, 2.45) is 5.92 Å². The molecule has 5 nitrogen and oxygen atoms in total. The number of hydrogen-bond donors (Lipinski definition) is 1. The Bertz CT molecular complexity index is 1050. The van der Waals surface area contributed by atoms with E-state index < -0.39 is 0 Å². The molecule has 4 rings (SSSR count). The van der Waals surface area contributed by atoms with Crippen molar-refractivity contribution in [3.8, 4) is 0 Å². The molecule has 0 bridgehead atoms. The normalized spacial score (nSPS) is 17.1. The summed E-state index contributed by atoms with van der Waals surface area (Å²) < 4.78 is 13.4. The predicted octanol–water partition coefficient (Wildman–Crippen LogP) is 4.94. The number of nitrogens with one attached hydrogen (secondary N) is 1. The molecule has 0 unspecified atom stereocenters. The van der Waals surface area contributed by atoms with Gasteiger partial charge < -0.3 is 10.2 Å². The first-order chi connectivity index (χ1) is 13.4. The van der Waals surface area contributed by atoms with Gasteiger partial charge in [0.2, 0.25) is 0 Å². The molecular formula is C21H23FN4OS. The minimum absolute atomic E-state index is 0.209. The topological polar surface area (TPSA) is 58.1 Å². The van der Waals surface area contributed by atoms with Crippen LogP contribution in [0.4, 0.5) is 15.9 Å². The van der Waals surface area contributed by atoms with Crippen LogP contribution >= 0.6 is 11.3 Å². The molecule has 0 radical (unpaired) electrons. The SMILES string of the molecule is Cc1cc(F)ccc1NC(=O)c1c(C)sc2ncnc(N3CCC[C@@H](C)C3)c12. The summed E-state index contributed by atoms with van der Waals surface area (Å²) in [5.74, 6) is 0.904. The first-order valence-electron chi connectivity index (χ1n) is 9.50. The molecule has 28 heavy (non-hydrogen) atoms. The van der Waals surface area contributed by atoms with Gasteiger partial charge in [0.05, 0.1) is 10.9 Å².